The second-order valence-corrected chi connectivity index (χ2v) is 7.04. The maximum atomic E-state index is 13.0. The van der Waals surface area contributed by atoms with Crippen molar-refractivity contribution in [3.8, 4) is 0 Å². The van der Waals surface area contributed by atoms with Gasteiger partial charge in [0.2, 0.25) is 0 Å². The first-order valence-corrected chi connectivity index (χ1v) is 7.80. The molecule has 0 N–H and O–H groups in total. The molecule has 0 bridgehead atoms. The Balaban J connectivity index is 2.23. The van der Waals surface area contributed by atoms with Crippen LogP contribution in [0.3, 0.4) is 0 Å². The highest BCUT2D eigenvalue weighted by Crippen LogP contribution is 2.57. The van der Waals surface area contributed by atoms with E-state index in [0.717, 1.165) is 12.8 Å². The lowest BCUT2D eigenvalue weighted by atomic mass is 9.77. The van der Waals surface area contributed by atoms with Crippen LogP contribution in [0, 0.1) is 0 Å². The molecule has 114 valence electrons. The van der Waals surface area contributed by atoms with E-state index >= 15 is 0 Å². The number of likely N-dealkylation sites (N-methyl/N-ethyl adjacent to an activating group) is 3. The van der Waals surface area contributed by atoms with Crippen LogP contribution in [0.2, 0.25) is 0 Å². The fourth-order valence-corrected chi connectivity index (χ4v) is 5.27. The monoisotopic (exact) mass is 280 g/mol. The molecule has 1 aliphatic carbocycles. The fourth-order valence-electron chi connectivity index (χ4n) is 5.27. The predicted molar refractivity (Wildman–Crippen MR) is 79.3 cm³/mol. The van der Waals surface area contributed by atoms with Gasteiger partial charge in [0.1, 0.15) is 11.3 Å². The minimum atomic E-state index is -0.198. The molecule has 4 atom stereocenters. The standard InChI is InChI=1S/C15H28N4O/c1-11-12(2)19-13(20)18(6)14(16(3)4)9-7-8-10-15(14,19)17(11)5/h11-12H,7-10H2,1-6H3/t11?,12?,14-,15+/m0/s1. The van der Waals surface area contributed by atoms with Crippen LogP contribution >= 0.6 is 0 Å². The molecule has 1 saturated carbocycles. The summed E-state index contributed by atoms with van der Waals surface area (Å²) in [5, 5.41) is 0. The quantitative estimate of drug-likeness (QED) is 0.731. The number of carbonyl (C=O) groups is 1. The number of nitrogens with zero attached hydrogens (tertiary/aromatic N) is 4. The lowest BCUT2D eigenvalue weighted by Crippen LogP contribution is -2.73. The van der Waals surface area contributed by atoms with Crippen molar-refractivity contribution < 1.29 is 4.79 Å². The Bertz CT molecular complexity index is 440. The molecule has 20 heavy (non-hydrogen) atoms. The van der Waals surface area contributed by atoms with E-state index in [9.17, 15) is 4.79 Å². The zero-order chi connectivity index (χ0) is 14.9. The number of amides is 2. The molecule has 2 saturated heterocycles. The molecule has 2 heterocycles. The lowest BCUT2D eigenvalue weighted by Gasteiger charge is -2.57. The highest BCUT2D eigenvalue weighted by Gasteiger charge is 2.74. The second kappa shape index (κ2) is 4.10. The summed E-state index contributed by atoms with van der Waals surface area (Å²) in [5.74, 6) is 0. The number of hydrogen-bond acceptors (Lipinski definition) is 3. The smallest absolute Gasteiger partial charge is 0.305 e. The minimum absolute atomic E-state index is 0.167. The Morgan fingerprint density at radius 2 is 1.70 bits per heavy atom. The molecule has 3 fully saturated rings. The van der Waals surface area contributed by atoms with Crippen molar-refractivity contribution in [1.29, 1.82) is 0 Å². The van der Waals surface area contributed by atoms with Crippen molar-refractivity contribution in [3.63, 3.8) is 0 Å². The van der Waals surface area contributed by atoms with Gasteiger partial charge in [0, 0.05) is 19.1 Å². The van der Waals surface area contributed by atoms with Gasteiger partial charge in [-0.15, -0.1) is 0 Å². The van der Waals surface area contributed by atoms with Crippen molar-refractivity contribution in [2.45, 2.75) is 62.9 Å². The molecular formula is C15H28N4O. The summed E-state index contributed by atoms with van der Waals surface area (Å²) >= 11 is 0. The summed E-state index contributed by atoms with van der Waals surface area (Å²) in [6.45, 7) is 4.45. The predicted octanol–water partition coefficient (Wildman–Crippen LogP) is 1.60. The van der Waals surface area contributed by atoms with Gasteiger partial charge in [-0.1, -0.05) is 0 Å². The molecule has 3 rings (SSSR count). The number of carbonyl (C=O) groups excluding carboxylic acids is 1. The molecule has 5 heteroatoms. The fraction of sp³-hybridized carbons (Fsp3) is 0.933. The van der Waals surface area contributed by atoms with E-state index < -0.39 is 0 Å². The van der Waals surface area contributed by atoms with Gasteiger partial charge in [-0.3, -0.25) is 14.7 Å². The molecular weight excluding hydrogens is 252 g/mol. The van der Waals surface area contributed by atoms with Gasteiger partial charge in [-0.2, -0.15) is 0 Å². The van der Waals surface area contributed by atoms with Gasteiger partial charge >= 0.3 is 6.03 Å². The van der Waals surface area contributed by atoms with Crippen LogP contribution in [0.25, 0.3) is 0 Å². The first-order valence-electron chi connectivity index (χ1n) is 7.80. The minimum Gasteiger partial charge on any atom is -0.305 e. The first-order chi connectivity index (χ1) is 9.32. The molecule has 5 nitrogen and oxygen atoms in total. The SMILES string of the molecule is CC1C(C)N2C(=O)N(C)[C@@]3(N(C)C)CCCC[C@@]23N1C. The summed E-state index contributed by atoms with van der Waals surface area (Å²) in [6, 6.07) is 0.879. The first kappa shape index (κ1) is 14.1. The van der Waals surface area contributed by atoms with Crippen LogP contribution in [0.1, 0.15) is 39.5 Å². The zero-order valence-corrected chi connectivity index (χ0v) is 13.7. The Morgan fingerprint density at radius 3 is 2.30 bits per heavy atom. The van der Waals surface area contributed by atoms with E-state index in [-0.39, 0.29) is 23.4 Å². The topological polar surface area (TPSA) is 30.0 Å². The highest BCUT2D eigenvalue weighted by atomic mass is 16.2. The maximum Gasteiger partial charge on any atom is 0.323 e. The average Bonchev–Trinajstić information content (AvgIpc) is 2.74. The Morgan fingerprint density at radius 1 is 1.10 bits per heavy atom. The van der Waals surface area contributed by atoms with Crippen molar-refractivity contribution in [1.82, 2.24) is 19.6 Å². The van der Waals surface area contributed by atoms with Crippen LogP contribution in [0.5, 0.6) is 0 Å². The summed E-state index contributed by atoms with van der Waals surface area (Å²) < 4.78 is 0. The van der Waals surface area contributed by atoms with Gasteiger partial charge in [-0.25, -0.2) is 4.79 Å². The van der Waals surface area contributed by atoms with Crippen molar-refractivity contribution in [2.75, 3.05) is 28.2 Å². The van der Waals surface area contributed by atoms with E-state index in [0.29, 0.717) is 6.04 Å². The van der Waals surface area contributed by atoms with Gasteiger partial charge < -0.3 is 4.90 Å². The lowest BCUT2D eigenvalue weighted by molar-refractivity contribution is -0.133. The van der Waals surface area contributed by atoms with Crippen molar-refractivity contribution in [2.24, 2.45) is 0 Å². The maximum absolute atomic E-state index is 13.0. The third-order valence-corrected chi connectivity index (χ3v) is 6.43. The van der Waals surface area contributed by atoms with Crippen LogP contribution in [0.15, 0.2) is 0 Å². The highest BCUT2D eigenvalue weighted by molar-refractivity contribution is 5.81. The molecule has 0 aromatic carbocycles. The molecule has 2 unspecified atom stereocenters. The second-order valence-electron chi connectivity index (χ2n) is 7.04. The van der Waals surface area contributed by atoms with Crippen molar-refractivity contribution in [3.05, 3.63) is 0 Å². The third kappa shape index (κ3) is 1.20. The average molecular weight is 280 g/mol. The van der Waals surface area contributed by atoms with Gasteiger partial charge in [0.05, 0.1) is 0 Å². The van der Waals surface area contributed by atoms with E-state index in [1.165, 1.54) is 12.8 Å². The number of urea groups is 1. The van der Waals surface area contributed by atoms with E-state index in [2.05, 4.69) is 49.7 Å². The molecule has 3 aliphatic rings. The third-order valence-electron chi connectivity index (χ3n) is 6.43. The van der Waals surface area contributed by atoms with Crippen LogP contribution < -0.4 is 0 Å². The molecule has 2 aliphatic heterocycles. The molecule has 0 radical (unpaired) electrons. The largest absolute Gasteiger partial charge is 0.323 e. The Kier molecular flexibility index (Phi) is 2.90. The Labute approximate surface area is 122 Å². The normalized spacial score (nSPS) is 45.2. The summed E-state index contributed by atoms with van der Waals surface area (Å²) in [7, 11) is 8.44. The van der Waals surface area contributed by atoms with Crippen LogP contribution in [0.4, 0.5) is 4.79 Å². The summed E-state index contributed by atoms with van der Waals surface area (Å²) in [5.41, 5.74) is -0.366. The summed E-state index contributed by atoms with van der Waals surface area (Å²) in [6.07, 6.45) is 4.54. The van der Waals surface area contributed by atoms with Gasteiger partial charge in [0.25, 0.3) is 0 Å². The molecule has 0 aromatic heterocycles. The van der Waals surface area contributed by atoms with E-state index in [1.807, 2.05) is 11.9 Å². The zero-order valence-electron chi connectivity index (χ0n) is 13.7. The van der Waals surface area contributed by atoms with Crippen molar-refractivity contribution >= 4 is 6.03 Å². The van der Waals surface area contributed by atoms with Crippen LogP contribution in [-0.4, -0.2) is 77.2 Å². The molecule has 1 spiro atoms. The number of rotatable bonds is 1. The van der Waals surface area contributed by atoms with E-state index in [1.54, 1.807) is 0 Å². The number of hydrogen-bond donors (Lipinski definition) is 0. The van der Waals surface area contributed by atoms with Gasteiger partial charge in [-0.05, 0) is 60.7 Å². The van der Waals surface area contributed by atoms with E-state index in [4.69, 9.17) is 0 Å². The molecule has 2 amide bonds. The van der Waals surface area contributed by atoms with Crippen LogP contribution in [-0.2, 0) is 0 Å². The Hall–Kier alpha value is -0.810. The van der Waals surface area contributed by atoms with Gasteiger partial charge in [0.15, 0.2) is 0 Å². The molecule has 0 aromatic rings. The summed E-state index contributed by atoms with van der Waals surface area (Å²) in [4.78, 5) is 21.9.